The molecule has 2 heterocycles. The van der Waals surface area contributed by atoms with E-state index in [0.29, 0.717) is 16.7 Å². The Morgan fingerprint density at radius 1 is 1.19 bits per heavy atom. The second kappa shape index (κ2) is 5.11. The van der Waals surface area contributed by atoms with Crippen LogP contribution in [0.1, 0.15) is 25.7 Å². The van der Waals surface area contributed by atoms with E-state index in [4.69, 9.17) is 0 Å². The van der Waals surface area contributed by atoms with Gasteiger partial charge in [-0.05, 0) is 25.7 Å². The summed E-state index contributed by atoms with van der Waals surface area (Å²) in [5.41, 5.74) is 1.80. The van der Waals surface area contributed by atoms with Crippen molar-refractivity contribution < 1.29 is 9.72 Å². The molecule has 2 aliphatic heterocycles. The minimum absolute atomic E-state index is 0.0447. The summed E-state index contributed by atoms with van der Waals surface area (Å²) in [6.45, 7) is 2.37. The Labute approximate surface area is 123 Å². The number of likely N-dealkylation sites (N-methyl/N-ethyl adjacent to an activating group) is 1. The molecule has 2 aliphatic rings. The fraction of sp³-hybridized carbons (Fsp3) is 0.533. The number of non-ortho nitro benzene ring substituents is 1. The van der Waals surface area contributed by atoms with Crippen molar-refractivity contribution in [3.8, 4) is 0 Å². The summed E-state index contributed by atoms with van der Waals surface area (Å²) < 4.78 is 0.663. The second-order valence-corrected chi connectivity index (χ2v) is 6.05. The highest BCUT2D eigenvalue weighted by atomic mass is 16.6. The average Bonchev–Trinajstić information content (AvgIpc) is 2.71. The molecule has 0 aliphatic carbocycles. The molecule has 6 heteroatoms. The van der Waals surface area contributed by atoms with E-state index in [9.17, 15) is 14.9 Å². The zero-order valence-corrected chi connectivity index (χ0v) is 12.2. The Morgan fingerprint density at radius 2 is 1.86 bits per heavy atom. The van der Waals surface area contributed by atoms with E-state index in [1.807, 2.05) is 6.07 Å². The van der Waals surface area contributed by atoms with Gasteiger partial charge in [-0.2, -0.15) is 0 Å². The highest BCUT2D eigenvalue weighted by molar-refractivity contribution is 6.02. The van der Waals surface area contributed by atoms with Crippen LogP contribution in [0.3, 0.4) is 0 Å². The number of amides is 1. The molecule has 1 fully saturated rings. The lowest BCUT2D eigenvalue weighted by Crippen LogP contribution is -2.59. The first-order valence-corrected chi connectivity index (χ1v) is 7.45. The number of quaternary nitrogens is 1. The first-order chi connectivity index (χ1) is 10.0. The van der Waals surface area contributed by atoms with Gasteiger partial charge in [0.05, 0.1) is 18.0 Å². The van der Waals surface area contributed by atoms with E-state index >= 15 is 0 Å². The molecule has 1 saturated heterocycles. The van der Waals surface area contributed by atoms with Gasteiger partial charge in [-0.25, -0.2) is 0 Å². The summed E-state index contributed by atoms with van der Waals surface area (Å²) in [5.74, 6) is 0.0462. The van der Waals surface area contributed by atoms with Crippen molar-refractivity contribution in [2.75, 3.05) is 31.6 Å². The second-order valence-electron chi connectivity index (χ2n) is 6.05. The van der Waals surface area contributed by atoms with E-state index in [-0.39, 0.29) is 11.6 Å². The SMILES string of the molecule is CN1C(=O)C[N+]2(CCCCCC2)c2ccc([N+](=O)[O-])cc21. The Hall–Kier alpha value is -1.95. The third-order valence-electron chi connectivity index (χ3n) is 4.78. The molecule has 6 nitrogen and oxygen atoms in total. The number of benzene rings is 1. The van der Waals surface area contributed by atoms with E-state index in [1.54, 1.807) is 18.0 Å². The quantitative estimate of drug-likeness (QED) is 0.453. The van der Waals surface area contributed by atoms with Gasteiger partial charge in [-0.15, -0.1) is 0 Å². The Balaban J connectivity index is 2.12. The molecule has 0 saturated carbocycles. The van der Waals surface area contributed by atoms with Gasteiger partial charge in [-0.3, -0.25) is 19.4 Å². The largest absolute Gasteiger partial charge is 0.305 e. The maximum atomic E-state index is 12.4. The van der Waals surface area contributed by atoms with Crippen molar-refractivity contribution >= 4 is 23.0 Å². The molecule has 0 radical (unpaired) electrons. The number of fused-ring (bicyclic) bond motifs is 2. The normalized spacial score (nSPS) is 21.0. The fourth-order valence-corrected chi connectivity index (χ4v) is 3.57. The molecule has 0 aromatic heterocycles. The van der Waals surface area contributed by atoms with Gasteiger partial charge in [-0.1, -0.05) is 0 Å². The molecule has 0 N–H and O–H groups in total. The number of hydrogen-bond acceptors (Lipinski definition) is 3. The van der Waals surface area contributed by atoms with Gasteiger partial charge >= 0.3 is 0 Å². The van der Waals surface area contributed by atoms with Crippen LogP contribution in [-0.4, -0.2) is 37.5 Å². The fourth-order valence-electron chi connectivity index (χ4n) is 3.57. The Morgan fingerprint density at radius 3 is 2.48 bits per heavy atom. The number of nitro benzene ring substituents is 1. The van der Waals surface area contributed by atoms with Crippen LogP contribution in [0, 0.1) is 10.1 Å². The molecule has 1 spiro atoms. The molecule has 0 bridgehead atoms. The predicted molar refractivity (Wildman–Crippen MR) is 81.4 cm³/mol. The van der Waals surface area contributed by atoms with Crippen molar-refractivity contribution in [1.82, 2.24) is 4.48 Å². The number of hydrogen-bond donors (Lipinski definition) is 0. The van der Waals surface area contributed by atoms with E-state index in [2.05, 4.69) is 0 Å². The van der Waals surface area contributed by atoms with Crippen LogP contribution >= 0.6 is 0 Å². The van der Waals surface area contributed by atoms with Crippen LogP contribution in [0.2, 0.25) is 0 Å². The first kappa shape index (κ1) is 14.0. The topological polar surface area (TPSA) is 63.5 Å². The lowest BCUT2D eigenvalue weighted by Gasteiger charge is -2.43. The van der Waals surface area contributed by atoms with Gasteiger partial charge < -0.3 is 4.90 Å². The highest BCUT2D eigenvalue weighted by Gasteiger charge is 2.42. The third kappa shape index (κ3) is 2.29. The van der Waals surface area contributed by atoms with Gasteiger partial charge in [0.2, 0.25) is 0 Å². The average molecular weight is 290 g/mol. The van der Waals surface area contributed by atoms with Gasteiger partial charge in [0.1, 0.15) is 5.69 Å². The number of carbonyl (C=O) groups is 1. The molecule has 3 rings (SSSR count). The van der Waals surface area contributed by atoms with Crippen LogP contribution in [0.15, 0.2) is 18.2 Å². The zero-order valence-electron chi connectivity index (χ0n) is 12.2. The van der Waals surface area contributed by atoms with Crippen LogP contribution in [0.25, 0.3) is 0 Å². The smallest absolute Gasteiger partial charge is 0.282 e. The summed E-state index contributed by atoms with van der Waals surface area (Å²) in [6, 6.07) is 4.95. The predicted octanol–water partition coefficient (Wildman–Crippen LogP) is 2.45. The molecular weight excluding hydrogens is 270 g/mol. The molecule has 1 aromatic rings. The lowest BCUT2D eigenvalue weighted by molar-refractivity contribution is -0.384. The Bertz CT molecular complexity index is 592. The molecule has 0 unspecified atom stereocenters. The van der Waals surface area contributed by atoms with Crippen LogP contribution in [0.4, 0.5) is 17.1 Å². The van der Waals surface area contributed by atoms with Crippen LogP contribution in [0.5, 0.6) is 0 Å². The number of anilines is 1. The molecule has 0 atom stereocenters. The molecular formula is C15H20N3O3+. The van der Waals surface area contributed by atoms with E-state index < -0.39 is 4.92 Å². The van der Waals surface area contributed by atoms with Crippen molar-refractivity contribution in [3.05, 3.63) is 28.3 Å². The minimum atomic E-state index is -0.403. The molecule has 21 heavy (non-hydrogen) atoms. The minimum Gasteiger partial charge on any atom is -0.305 e. The maximum absolute atomic E-state index is 12.4. The summed E-state index contributed by atoms with van der Waals surface area (Å²) in [6.07, 6.45) is 4.61. The third-order valence-corrected chi connectivity index (χ3v) is 4.78. The van der Waals surface area contributed by atoms with Crippen molar-refractivity contribution in [3.63, 3.8) is 0 Å². The number of nitro groups is 1. The Kier molecular flexibility index (Phi) is 3.41. The van der Waals surface area contributed by atoms with Crippen LogP contribution < -0.4 is 9.38 Å². The first-order valence-electron chi connectivity index (χ1n) is 7.45. The van der Waals surface area contributed by atoms with E-state index in [0.717, 1.165) is 31.6 Å². The number of carbonyl (C=O) groups excluding carboxylic acids is 1. The lowest BCUT2D eigenvalue weighted by atomic mass is 10.1. The van der Waals surface area contributed by atoms with Crippen molar-refractivity contribution in [2.45, 2.75) is 25.7 Å². The maximum Gasteiger partial charge on any atom is 0.282 e. The summed E-state index contributed by atoms with van der Waals surface area (Å²) in [5, 5.41) is 11.0. The monoisotopic (exact) mass is 290 g/mol. The number of nitrogens with zero attached hydrogens (tertiary/aromatic N) is 3. The van der Waals surface area contributed by atoms with Gasteiger partial charge in [0.15, 0.2) is 12.2 Å². The summed E-state index contributed by atoms with van der Waals surface area (Å²) >= 11 is 0. The van der Waals surface area contributed by atoms with Gasteiger partial charge in [0, 0.05) is 25.2 Å². The zero-order chi connectivity index (χ0) is 15.0. The van der Waals surface area contributed by atoms with Gasteiger partial charge in [0.25, 0.3) is 11.6 Å². The van der Waals surface area contributed by atoms with Crippen LogP contribution in [-0.2, 0) is 4.79 Å². The molecule has 1 amide bonds. The number of rotatable bonds is 1. The van der Waals surface area contributed by atoms with Crippen molar-refractivity contribution in [2.24, 2.45) is 0 Å². The van der Waals surface area contributed by atoms with E-state index in [1.165, 1.54) is 18.9 Å². The molecule has 112 valence electrons. The summed E-state index contributed by atoms with van der Waals surface area (Å²) in [7, 11) is 1.71. The summed E-state index contributed by atoms with van der Waals surface area (Å²) in [4.78, 5) is 24.5. The standard InChI is InChI=1S/C15H20N3O3/c1-16-13-10-12(17(20)21)6-7-14(13)18(11-15(16)19)8-4-2-3-5-9-18/h6-7,10H,2-5,8-9,11H2,1H3/q+1. The highest BCUT2D eigenvalue weighted by Crippen LogP contribution is 2.41. The molecule has 1 aromatic carbocycles. The van der Waals surface area contributed by atoms with Crippen molar-refractivity contribution in [1.29, 1.82) is 0 Å².